The van der Waals surface area contributed by atoms with E-state index in [4.69, 9.17) is 4.74 Å². The summed E-state index contributed by atoms with van der Waals surface area (Å²) in [6.45, 7) is -0.496. The van der Waals surface area contributed by atoms with Gasteiger partial charge in [0.2, 0.25) is 0 Å². The summed E-state index contributed by atoms with van der Waals surface area (Å²) in [6.07, 6.45) is 0. The number of esters is 1. The van der Waals surface area contributed by atoms with Gasteiger partial charge in [0, 0.05) is 16.5 Å². The van der Waals surface area contributed by atoms with Crippen LogP contribution in [-0.2, 0) is 20.9 Å². The van der Waals surface area contributed by atoms with E-state index in [9.17, 15) is 14.4 Å². The van der Waals surface area contributed by atoms with E-state index in [1.54, 1.807) is 65.2 Å². The summed E-state index contributed by atoms with van der Waals surface area (Å²) in [6, 6.07) is 23.2. The summed E-state index contributed by atoms with van der Waals surface area (Å²) in [7, 11) is 0. The van der Waals surface area contributed by atoms with Crippen molar-refractivity contribution in [1.82, 2.24) is 4.57 Å². The number of pyridine rings is 1. The monoisotopic (exact) mass is 386 g/mol. The second-order valence-electron chi connectivity index (χ2n) is 6.52. The van der Waals surface area contributed by atoms with Crippen molar-refractivity contribution in [1.29, 1.82) is 0 Å². The predicted octanol–water partition coefficient (Wildman–Crippen LogP) is 3.34. The van der Waals surface area contributed by atoms with Gasteiger partial charge in [-0.1, -0.05) is 42.5 Å². The Hall–Kier alpha value is -3.93. The molecule has 4 aromatic rings. The first kappa shape index (κ1) is 18.4. The molecule has 0 saturated carbocycles. The molecule has 1 heterocycles. The third kappa shape index (κ3) is 3.87. The van der Waals surface area contributed by atoms with E-state index in [1.807, 2.05) is 18.2 Å². The fourth-order valence-corrected chi connectivity index (χ4v) is 3.29. The van der Waals surface area contributed by atoms with E-state index in [0.29, 0.717) is 27.5 Å². The van der Waals surface area contributed by atoms with Gasteiger partial charge in [0.05, 0.1) is 11.0 Å². The van der Waals surface area contributed by atoms with Gasteiger partial charge in [-0.05, 0) is 36.4 Å². The quantitative estimate of drug-likeness (QED) is 0.422. The van der Waals surface area contributed by atoms with Crippen molar-refractivity contribution in [3.05, 3.63) is 89.1 Å². The molecular weight excluding hydrogens is 368 g/mol. The lowest BCUT2D eigenvalue weighted by molar-refractivity contribution is -0.147. The number of aromatic nitrogens is 1. The molecule has 0 aliphatic carbocycles. The number of benzene rings is 3. The highest BCUT2D eigenvalue weighted by molar-refractivity contribution is 5.95. The zero-order valence-electron chi connectivity index (χ0n) is 15.5. The van der Waals surface area contributed by atoms with Gasteiger partial charge in [0.15, 0.2) is 12.0 Å². The number of carbonyl (C=O) groups excluding carboxylic acids is 2. The maximum Gasteiger partial charge on any atom is 0.326 e. The Morgan fingerprint density at radius 2 is 1.34 bits per heavy atom. The number of ether oxygens (including phenoxy) is 1. The van der Waals surface area contributed by atoms with Gasteiger partial charge in [0.25, 0.3) is 5.91 Å². The summed E-state index contributed by atoms with van der Waals surface area (Å²) in [5.74, 6) is -0.980. The van der Waals surface area contributed by atoms with Crippen LogP contribution < -0.4 is 10.7 Å². The van der Waals surface area contributed by atoms with Gasteiger partial charge in [-0.2, -0.15) is 0 Å². The molecular formula is C23H18N2O4. The van der Waals surface area contributed by atoms with Gasteiger partial charge in [-0.15, -0.1) is 0 Å². The fourth-order valence-electron chi connectivity index (χ4n) is 3.29. The number of fused-ring (bicyclic) bond motifs is 2. The summed E-state index contributed by atoms with van der Waals surface area (Å²) in [4.78, 5) is 37.2. The molecule has 6 heteroatoms. The van der Waals surface area contributed by atoms with Gasteiger partial charge < -0.3 is 14.6 Å². The molecule has 0 unspecified atom stereocenters. The first-order valence-corrected chi connectivity index (χ1v) is 9.14. The standard InChI is InChI=1S/C23H18N2O4/c26-21(24-16-8-2-1-3-9-16)15-29-22(27)14-25-19-12-6-4-10-17(19)23(28)18-11-5-7-13-20(18)25/h1-13H,14-15H2,(H,24,26). The zero-order valence-corrected chi connectivity index (χ0v) is 15.5. The van der Waals surface area contributed by atoms with Crippen molar-refractivity contribution in [3.8, 4) is 0 Å². The normalized spacial score (nSPS) is 10.8. The second kappa shape index (κ2) is 7.98. The minimum Gasteiger partial charge on any atom is -0.454 e. The Labute approximate surface area is 166 Å². The van der Waals surface area contributed by atoms with Crippen molar-refractivity contribution in [3.63, 3.8) is 0 Å². The number of nitrogens with one attached hydrogen (secondary N) is 1. The first-order chi connectivity index (χ1) is 14.1. The lowest BCUT2D eigenvalue weighted by atomic mass is 10.1. The summed E-state index contributed by atoms with van der Waals surface area (Å²) in [5, 5.41) is 3.72. The largest absolute Gasteiger partial charge is 0.454 e. The minimum absolute atomic E-state index is 0.0805. The third-order valence-electron chi connectivity index (χ3n) is 4.59. The highest BCUT2D eigenvalue weighted by Gasteiger charge is 2.14. The lowest BCUT2D eigenvalue weighted by Crippen LogP contribution is -2.24. The van der Waals surface area contributed by atoms with E-state index in [2.05, 4.69) is 5.32 Å². The topological polar surface area (TPSA) is 77.4 Å². The van der Waals surface area contributed by atoms with Gasteiger partial charge in [-0.3, -0.25) is 14.4 Å². The average molecular weight is 386 g/mol. The molecule has 0 aliphatic heterocycles. The molecule has 6 nitrogen and oxygen atoms in total. The Morgan fingerprint density at radius 3 is 1.97 bits per heavy atom. The Morgan fingerprint density at radius 1 is 0.793 bits per heavy atom. The highest BCUT2D eigenvalue weighted by atomic mass is 16.5. The minimum atomic E-state index is -0.563. The van der Waals surface area contributed by atoms with Crippen molar-refractivity contribution in [2.45, 2.75) is 6.54 Å². The molecule has 144 valence electrons. The molecule has 0 spiro atoms. The van der Waals surface area contributed by atoms with Gasteiger partial charge >= 0.3 is 5.97 Å². The van der Waals surface area contributed by atoms with E-state index in [0.717, 1.165) is 0 Å². The van der Waals surface area contributed by atoms with Crippen LogP contribution in [0.3, 0.4) is 0 Å². The summed E-state index contributed by atoms with van der Waals surface area (Å²) < 4.78 is 6.90. The van der Waals surface area contributed by atoms with Crippen molar-refractivity contribution >= 4 is 39.4 Å². The molecule has 1 amide bonds. The number of hydrogen-bond donors (Lipinski definition) is 1. The maximum atomic E-state index is 12.7. The summed E-state index contributed by atoms with van der Waals surface area (Å²) >= 11 is 0. The molecule has 1 N–H and O–H groups in total. The van der Waals surface area contributed by atoms with Crippen LogP contribution in [0.5, 0.6) is 0 Å². The molecule has 29 heavy (non-hydrogen) atoms. The van der Waals surface area contributed by atoms with Crippen LogP contribution >= 0.6 is 0 Å². The Balaban J connectivity index is 1.55. The van der Waals surface area contributed by atoms with Crippen molar-refractivity contribution in [2.75, 3.05) is 11.9 Å². The molecule has 3 aromatic carbocycles. The SMILES string of the molecule is O=C(COC(=O)Cn1c2ccccc2c(=O)c2ccccc21)Nc1ccccc1. The molecule has 0 fully saturated rings. The van der Waals surface area contributed by atoms with Crippen molar-refractivity contribution < 1.29 is 14.3 Å². The van der Waals surface area contributed by atoms with Crippen LogP contribution in [-0.4, -0.2) is 23.1 Å². The fraction of sp³-hybridized carbons (Fsp3) is 0.0870. The van der Waals surface area contributed by atoms with Crippen LogP contribution in [0.4, 0.5) is 5.69 Å². The number of nitrogens with zero attached hydrogens (tertiary/aromatic N) is 1. The van der Waals surface area contributed by atoms with E-state index >= 15 is 0 Å². The van der Waals surface area contributed by atoms with Crippen LogP contribution in [0.25, 0.3) is 21.8 Å². The van der Waals surface area contributed by atoms with Crippen LogP contribution in [0, 0.1) is 0 Å². The lowest BCUT2D eigenvalue weighted by Gasteiger charge is -2.14. The third-order valence-corrected chi connectivity index (χ3v) is 4.59. The summed E-state index contributed by atoms with van der Waals surface area (Å²) in [5.41, 5.74) is 1.83. The van der Waals surface area contributed by atoms with Gasteiger partial charge in [-0.25, -0.2) is 0 Å². The number of para-hydroxylation sites is 3. The average Bonchev–Trinajstić information content (AvgIpc) is 2.76. The number of rotatable bonds is 5. The molecule has 0 radical (unpaired) electrons. The van der Waals surface area contributed by atoms with E-state index < -0.39 is 11.9 Å². The predicted molar refractivity (Wildman–Crippen MR) is 112 cm³/mol. The molecule has 0 atom stereocenters. The number of amides is 1. The smallest absolute Gasteiger partial charge is 0.326 e. The number of anilines is 1. The molecule has 1 aromatic heterocycles. The number of hydrogen-bond acceptors (Lipinski definition) is 4. The zero-order chi connectivity index (χ0) is 20.2. The Kier molecular flexibility index (Phi) is 5.07. The maximum absolute atomic E-state index is 12.7. The van der Waals surface area contributed by atoms with Crippen LogP contribution in [0.15, 0.2) is 83.7 Å². The van der Waals surface area contributed by atoms with E-state index in [-0.39, 0.29) is 18.6 Å². The molecule has 4 rings (SSSR count). The van der Waals surface area contributed by atoms with E-state index in [1.165, 1.54) is 0 Å². The second-order valence-corrected chi connectivity index (χ2v) is 6.52. The van der Waals surface area contributed by atoms with Crippen LogP contribution in [0.2, 0.25) is 0 Å². The van der Waals surface area contributed by atoms with Crippen molar-refractivity contribution in [2.24, 2.45) is 0 Å². The highest BCUT2D eigenvalue weighted by Crippen LogP contribution is 2.19. The molecule has 0 bridgehead atoms. The van der Waals surface area contributed by atoms with Crippen LogP contribution in [0.1, 0.15) is 0 Å². The molecule has 0 aliphatic rings. The van der Waals surface area contributed by atoms with Gasteiger partial charge in [0.1, 0.15) is 6.54 Å². The number of carbonyl (C=O) groups is 2. The Bertz CT molecular complexity index is 1200. The first-order valence-electron chi connectivity index (χ1n) is 9.14. The molecule has 0 saturated heterocycles.